The van der Waals surface area contributed by atoms with Gasteiger partial charge in [0.2, 0.25) is 5.91 Å². The van der Waals surface area contributed by atoms with Crippen molar-refractivity contribution in [2.45, 2.75) is 32.7 Å². The van der Waals surface area contributed by atoms with Crippen LogP contribution >= 0.6 is 11.3 Å². The van der Waals surface area contributed by atoms with Crippen LogP contribution < -0.4 is 5.32 Å². The molecule has 4 nitrogen and oxygen atoms in total. The van der Waals surface area contributed by atoms with Gasteiger partial charge in [-0.25, -0.2) is 4.98 Å². The molecule has 0 bridgehead atoms. The molecule has 3 rings (SSSR count). The largest absolute Gasteiger partial charge is 0.346 e. The second-order valence-electron chi connectivity index (χ2n) is 6.20. The lowest BCUT2D eigenvalue weighted by Crippen LogP contribution is -2.31. The van der Waals surface area contributed by atoms with Gasteiger partial charge in [0.05, 0.1) is 23.5 Å². The lowest BCUT2D eigenvalue weighted by atomic mass is 10.0. The topological polar surface area (TPSA) is 57.8 Å². The Morgan fingerprint density at radius 3 is 2.83 bits per heavy atom. The maximum Gasteiger partial charge on any atom is 0.225 e. The summed E-state index contributed by atoms with van der Waals surface area (Å²) >= 11 is 1.61. The summed E-state index contributed by atoms with van der Waals surface area (Å²) in [6, 6.07) is 9.84. The van der Waals surface area contributed by atoms with E-state index in [1.807, 2.05) is 41.1 Å². The van der Waals surface area contributed by atoms with E-state index in [0.717, 1.165) is 28.8 Å². The molecule has 0 spiro atoms. The minimum Gasteiger partial charge on any atom is -0.346 e. The van der Waals surface area contributed by atoms with Gasteiger partial charge in [-0.05, 0) is 46.9 Å². The van der Waals surface area contributed by atoms with Crippen LogP contribution in [0.5, 0.6) is 0 Å². The first kappa shape index (κ1) is 15.7. The summed E-state index contributed by atoms with van der Waals surface area (Å²) in [5, 5.41) is 7.14. The van der Waals surface area contributed by atoms with Gasteiger partial charge in [-0.1, -0.05) is 26.0 Å². The molecule has 2 heterocycles. The number of nitrogens with one attached hydrogen (secondary N) is 2. The Morgan fingerprint density at radius 1 is 1.30 bits per heavy atom. The molecular formula is C18H21N3OS. The molecule has 0 saturated heterocycles. The molecular weight excluding hydrogens is 306 g/mol. The van der Waals surface area contributed by atoms with Crippen molar-refractivity contribution in [2.24, 2.45) is 5.92 Å². The third-order valence-corrected chi connectivity index (χ3v) is 4.46. The summed E-state index contributed by atoms with van der Waals surface area (Å²) in [6.45, 7) is 4.31. The number of carbonyl (C=O) groups excluding carboxylic acids is 1. The number of para-hydroxylation sites is 2. The standard InChI is InChI=1S/C18H21N3OS/c1-12(2)9-16(19-17(22)10-13-7-8-23-11-13)18-20-14-5-3-4-6-15(14)21-18/h3-8,11-12,16H,9-10H2,1-2H3,(H,19,22)(H,20,21)/t16-/m0/s1. The summed E-state index contributed by atoms with van der Waals surface area (Å²) < 4.78 is 0. The molecule has 2 N–H and O–H groups in total. The van der Waals surface area contributed by atoms with E-state index in [-0.39, 0.29) is 11.9 Å². The fourth-order valence-electron chi connectivity index (χ4n) is 2.67. The Labute approximate surface area is 140 Å². The molecule has 23 heavy (non-hydrogen) atoms. The number of amides is 1. The molecule has 120 valence electrons. The quantitative estimate of drug-likeness (QED) is 0.717. The lowest BCUT2D eigenvalue weighted by Gasteiger charge is -2.18. The summed E-state index contributed by atoms with van der Waals surface area (Å²) in [5.74, 6) is 1.34. The van der Waals surface area contributed by atoms with Crippen molar-refractivity contribution in [3.8, 4) is 0 Å². The number of carbonyl (C=O) groups is 1. The smallest absolute Gasteiger partial charge is 0.225 e. The van der Waals surface area contributed by atoms with Crippen molar-refractivity contribution in [1.29, 1.82) is 0 Å². The summed E-state index contributed by atoms with van der Waals surface area (Å²) in [4.78, 5) is 20.3. The van der Waals surface area contributed by atoms with Gasteiger partial charge in [0.15, 0.2) is 0 Å². The van der Waals surface area contributed by atoms with Crippen molar-refractivity contribution >= 4 is 28.3 Å². The average Bonchev–Trinajstić information content (AvgIpc) is 3.14. The first-order valence-corrected chi connectivity index (χ1v) is 8.81. The van der Waals surface area contributed by atoms with Crippen LogP contribution in [0.3, 0.4) is 0 Å². The van der Waals surface area contributed by atoms with Gasteiger partial charge < -0.3 is 10.3 Å². The highest BCUT2D eigenvalue weighted by atomic mass is 32.1. The van der Waals surface area contributed by atoms with Crippen LogP contribution in [0.4, 0.5) is 0 Å². The van der Waals surface area contributed by atoms with Gasteiger partial charge in [-0.2, -0.15) is 11.3 Å². The number of aromatic amines is 1. The highest BCUT2D eigenvalue weighted by molar-refractivity contribution is 7.08. The van der Waals surface area contributed by atoms with Crippen LogP contribution in [-0.4, -0.2) is 15.9 Å². The monoisotopic (exact) mass is 327 g/mol. The first-order valence-electron chi connectivity index (χ1n) is 7.87. The molecule has 3 aromatic rings. The molecule has 0 aliphatic heterocycles. The van der Waals surface area contributed by atoms with Crippen LogP contribution in [-0.2, 0) is 11.2 Å². The SMILES string of the molecule is CC(C)C[C@H](NC(=O)Cc1ccsc1)c1nc2ccccc2[nH]1. The predicted octanol–water partition coefficient (Wildman–Crippen LogP) is 4.07. The molecule has 0 unspecified atom stereocenters. The average molecular weight is 327 g/mol. The van der Waals surface area contributed by atoms with Crippen molar-refractivity contribution < 1.29 is 4.79 Å². The second-order valence-corrected chi connectivity index (χ2v) is 6.98. The Bertz CT molecular complexity index is 744. The zero-order valence-electron chi connectivity index (χ0n) is 13.4. The maximum atomic E-state index is 12.3. The fraction of sp³-hybridized carbons (Fsp3) is 0.333. The summed E-state index contributed by atoms with van der Waals surface area (Å²) in [6.07, 6.45) is 1.27. The van der Waals surface area contributed by atoms with E-state index in [1.54, 1.807) is 11.3 Å². The highest BCUT2D eigenvalue weighted by Crippen LogP contribution is 2.22. The second kappa shape index (κ2) is 6.96. The number of hydrogen-bond acceptors (Lipinski definition) is 3. The van der Waals surface area contributed by atoms with E-state index < -0.39 is 0 Å². The molecule has 0 aliphatic carbocycles. The number of hydrogen-bond donors (Lipinski definition) is 2. The Balaban J connectivity index is 1.78. The number of thiophene rings is 1. The number of H-pyrrole nitrogens is 1. The van der Waals surface area contributed by atoms with Crippen molar-refractivity contribution in [3.63, 3.8) is 0 Å². The van der Waals surface area contributed by atoms with Gasteiger partial charge >= 0.3 is 0 Å². The number of aromatic nitrogens is 2. The molecule has 1 aromatic carbocycles. The minimum atomic E-state index is -0.0893. The predicted molar refractivity (Wildman–Crippen MR) is 94.5 cm³/mol. The number of nitrogens with zero attached hydrogens (tertiary/aromatic N) is 1. The molecule has 0 radical (unpaired) electrons. The van der Waals surface area contributed by atoms with E-state index in [0.29, 0.717) is 12.3 Å². The van der Waals surface area contributed by atoms with Crippen molar-refractivity contribution in [3.05, 3.63) is 52.5 Å². The number of imidazole rings is 1. The first-order chi connectivity index (χ1) is 11.1. The number of rotatable bonds is 6. The Kier molecular flexibility index (Phi) is 4.76. The molecule has 1 atom stereocenters. The van der Waals surface area contributed by atoms with Gasteiger partial charge in [0.1, 0.15) is 5.82 Å². The number of benzene rings is 1. The molecule has 5 heteroatoms. The highest BCUT2D eigenvalue weighted by Gasteiger charge is 2.19. The molecule has 0 saturated carbocycles. The molecule has 2 aromatic heterocycles. The minimum absolute atomic E-state index is 0.0366. The van der Waals surface area contributed by atoms with Gasteiger partial charge in [0, 0.05) is 0 Å². The zero-order valence-corrected chi connectivity index (χ0v) is 14.2. The Morgan fingerprint density at radius 2 is 2.13 bits per heavy atom. The Hall–Kier alpha value is -2.14. The maximum absolute atomic E-state index is 12.3. The van der Waals surface area contributed by atoms with E-state index in [1.165, 1.54) is 0 Å². The molecule has 0 fully saturated rings. The van der Waals surface area contributed by atoms with Crippen molar-refractivity contribution in [2.75, 3.05) is 0 Å². The van der Waals surface area contributed by atoms with Gasteiger partial charge in [0.25, 0.3) is 0 Å². The number of fused-ring (bicyclic) bond motifs is 1. The summed E-state index contributed by atoms with van der Waals surface area (Å²) in [5.41, 5.74) is 2.99. The van der Waals surface area contributed by atoms with Crippen LogP contribution in [0.2, 0.25) is 0 Å². The van der Waals surface area contributed by atoms with E-state index in [2.05, 4.69) is 29.1 Å². The zero-order chi connectivity index (χ0) is 16.2. The fourth-order valence-corrected chi connectivity index (χ4v) is 3.34. The van der Waals surface area contributed by atoms with Gasteiger partial charge in [-0.15, -0.1) is 0 Å². The lowest BCUT2D eigenvalue weighted by molar-refractivity contribution is -0.121. The normalized spacial score (nSPS) is 12.7. The van der Waals surface area contributed by atoms with Gasteiger partial charge in [-0.3, -0.25) is 4.79 Å². The summed E-state index contributed by atoms with van der Waals surface area (Å²) in [7, 11) is 0. The third-order valence-electron chi connectivity index (χ3n) is 3.72. The third kappa shape index (κ3) is 3.99. The van der Waals surface area contributed by atoms with Crippen molar-refractivity contribution in [1.82, 2.24) is 15.3 Å². The molecule has 1 amide bonds. The van der Waals surface area contributed by atoms with E-state index in [4.69, 9.17) is 0 Å². The van der Waals surface area contributed by atoms with Crippen LogP contribution in [0.25, 0.3) is 11.0 Å². The van der Waals surface area contributed by atoms with E-state index in [9.17, 15) is 4.79 Å². The van der Waals surface area contributed by atoms with Crippen LogP contribution in [0, 0.1) is 5.92 Å². The molecule has 0 aliphatic rings. The van der Waals surface area contributed by atoms with E-state index >= 15 is 0 Å². The van der Waals surface area contributed by atoms with Crippen LogP contribution in [0.1, 0.15) is 37.7 Å². The van der Waals surface area contributed by atoms with Crippen LogP contribution in [0.15, 0.2) is 41.1 Å².